The van der Waals surface area contributed by atoms with Gasteiger partial charge in [0.2, 0.25) is 0 Å². The van der Waals surface area contributed by atoms with Crippen LogP contribution in [0.4, 0.5) is 0 Å². The van der Waals surface area contributed by atoms with E-state index in [1.54, 1.807) is 0 Å². The molecule has 0 aromatic carbocycles. The highest BCUT2D eigenvalue weighted by molar-refractivity contribution is 4.70. The van der Waals surface area contributed by atoms with Gasteiger partial charge in [-0.3, -0.25) is 0 Å². The maximum absolute atomic E-state index is 2.43. The minimum absolute atomic E-state index is 0.549. The first-order valence-electron chi connectivity index (χ1n) is 6.91. The van der Waals surface area contributed by atoms with Crippen LogP contribution in [0.3, 0.4) is 0 Å². The molecule has 0 aliphatic rings. The Bertz CT molecular complexity index is 146. The van der Waals surface area contributed by atoms with Gasteiger partial charge in [-0.2, -0.15) is 0 Å². The van der Waals surface area contributed by atoms with Crippen molar-refractivity contribution in [2.75, 3.05) is 0 Å². The first-order chi connectivity index (χ1) is 6.91. The first-order valence-corrected chi connectivity index (χ1v) is 6.91. The van der Waals surface area contributed by atoms with Gasteiger partial charge >= 0.3 is 0 Å². The zero-order valence-electron chi connectivity index (χ0n) is 11.9. The Morgan fingerprint density at radius 2 is 1.40 bits per heavy atom. The zero-order valence-corrected chi connectivity index (χ0v) is 11.9. The Morgan fingerprint density at radius 3 is 1.87 bits per heavy atom. The van der Waals surface area contributed by atoms with Gasteiger partial charge in [-0.1, -0.05) is 73.6 Å². The van der Waals surface area contributed by atoms with Crippen molar-refractivity contribution in [3.8, 4) is 0 Å². The molecule has 15 heavy (non-hydrogen) atoms. The summed E-state index contributed by atoms with van der Waals surface area (Å²) in [6, 6.07) is 0. The summed E-state index contributed by atoms with van der Waals surface area (Å²) < 4.78 is 0. The highest BCUT2D eigenvalue weighted by Crippen LogP contribution is 2.31. The van der Waals surface area contributed by atoms with Crippen molar-refractivity contribution in [1.82, 2.24) is 0 Å². The molecule has 0 amide bonds. The molecule has 0 nitrogen and oxygen atoms in total. The number of hydrogen-bond donors (Lipinski definition) is 0. The monoisotopic (exact) mass is 212 g/mol. The summed E-state index contributed by atoms with van der Waals surface area (Å²) in [7, 11) is 0. The lowest BCUT2D eigenvalue weighted by Gasteiger charge is -2.27. The molecule has 0 radical (unpaired) electrons. The number of rotatable bonds is 8. The third-order valence-corrected chi connectivity index (χ3v) is 3.79. The minimum atomic E-state index is 0.549. The van der Waals surface area contributed by atoms with Crippen LogP contribution in [0, 0.1) is 17.3 Å². The van der Waals surface area contributed by atoms with Crippen LogP contribution in [0.5, 0.6) is 0 Å². The standard InChI is InChI=1S/C15H32/c1-7-9-13(3)10-11-14(4)12-15(5,6)8-2/h13-14H,7-12H2,1-6H3. The topological polar surface area (TPSA) is 0 Å². The van der Waals surface area contributed by atoms with E-state index in [2.05, 4.69) is 41.5 Å². The van der Waals surface area contributed by atoms with Gasteiger partial charge in [0.05, 0.1) is 0 Å². The van der Waals surface area contributed by atoms with E-state index in [4.69, 9.17) is 0 Å². The van der Waals surface area contributed by atoms with E-state index in [9.17, 15) is 0 Å². The van der Waals surface area contributed by atoms with E-state index in [0.717, 1.165) is 11.8 Å². The fraction of sp³-hybridized carbons (Fsp3) is 1.00. The molecule has 0 N–H and O–H groups in total. The molecule has 0 aromatic heterocycles. The SMILES string of the molecule is CCCC(C)CCC(C)CC(C)(C)CC. The van der Waals surface area contributed by atoms with E-state index < -0.39 is 0 Å². The molecule has 0 aromatic rings. The van der Waals surface area contributed by atoms with Gasteiger partial charge in [-0.15, -0.1) is 0 Å². The van der Waals surface area contributed by atoms with E-state index in [1.807, 2.05) is 0 Å². The Labute approximate surface area is 97.8 Å². The average molecular weight is 212 g/mol. The van der Waals surface area contributed by atoms with Crippen LogP contribution < -0.4 is 0 Å². The van der Waals surface area contributed by atoms with Crippen LogP contribution in [-0.4, -0.2) is 0 Å². The first kappa shape index (κ1) is 15.0. The van der Waals surface area contributed by atoms with Crippen molar-refractivity contribution in [2.45, 2.75) is 80.1 Å². The third kappa shape index (κ3) is 7.88. The maximum Gasteiger partial charge on any atom is -0.0354 e. The predicted molar refractivity (Wildman–Crippen MR) is 71.2 cm³/mol. The average Bonchev–Trinajstić information content (AvgIpc) is 2.15. The Balaban J connectivity index is 3.70. The lowest BCUT2D eigenvalue weighted by Crippen LogP contribution is -2.15. The number of hydrogen-bond acceptors (Lipinski definition) is 0. The highest BCUT2D eigenvalue weighted by Gasteiger charge is 2.18. The van der Waals surface area contributed by atoms with Gasteiger partial charge < -0.3 is 0 Å². The van der Waals surface area contributed by atoms with Gasteiger partial charge in [0.1, 0.15) is 0 Å². The molecule has 2 atom stereocenters. The summed E-state index contributed by atoms with van der Waals surface area (Å²) >= 11 is 0. The molecule has 0 saturated carbocycles. The van der Waals surface area contributed by atoms with Gasteiger partial charge in [0.25, 0.3) is 0 Å². The lowest BCUT2D eigenvalue weighted by atomic mass is 9.79. The molecule has 0 aliphatic carbocycles. The fourth-order valence-electron chi connectivity index (χ4n) is 2.40. The van der Waals surface area contributed by atoms with Crippen LogP contribution in [-0.2, 0) is 0 Å². The molecular formula is C15H32. The van der Waals surface area contributed by atoms with Crippen LogP contribution in [0.25, 0.3) is 0 Å². The lowest BCUT2D eigenvalue weighted by molar-refractivity contribution is 0.249. The van der Waals surface area contributed by atoms with Crippen molar-refractivity contribution < 1.29 is 0 Å². The molecule has 0 saturated heterocycles. The quantitative estimate of drug-likeness (QED) is 0.486. The van der Waals surface area contributed by atoms with Gasteiger partial charge in [0, 0.05) is 0 Å². The van der Waals surface area contributed by atoms with E-state index in [1.165, 1.54) is 38.5 Å². The fourth-order valence-corrected chi connectivity index (χ4v) is 2.40. The van der Waals surface area contributed by atoms with Crippen molar-refractivity contribution in [1.29, 1.82) is 0 Å². The van der Waals surface area contributed by atoms with Crippen LogP contribution >= 0.6 is 0 Å². The molecule has 0 aliphatic heterocycles. The molecular weight excluding hydrogens is 180 g/mol. The summed E-state index contributed by atoms with van der Waals surface area (Å²) in [6.07, 6.45) is 8.30. The Hall–Kier alpha value is 0. The Morgan fingerprint density at radius 1 is 0.867 bits per heavy atom. The van der Waals surface area contributed by atoms with Crippen LogP contribution in [0.1, 0.15) is 80.1 Å². The summed E-state index contributed by atoms with van der Waals surface area (Å²) in [4.78, 5) is 0. The smallest absolute Gasteiger partial charge is 0.0354 e. The third-order valence-electron chi connectivity index (χ3n) is 3.79. The van der Waals surface area contributed by atoms with Crippen molar-refractivity contribution in [3.05, 3.63) is 0 Å². The molecule has 0 heteroatoms. The predicted octanol–water partition coefficient (Wildman–Crippen LogP) is 5.67. The molecule has 0 fully saturated rings. The highest BCUT2D eigenvalue weighted by atomic mass is 14.2. The van der Waals surface area contributed by atoms with E-state index in [0.29, 0.717) is 5.41 Å². The van der Waals surface area contributed by atoms with Crippen LogP contribution in [0.15, 0.2) is 0 Å². The van der Waals surface area contributed by atoms with Gasteiger partial charge in [0.15, 0.2) is 0 Å². The largest absolute Gasteiger partial charge is 0.0654 e. The summed E-state index contributed by atoms with van der Waals surface area (Å²) in [5.74, 6) is 1.83. The second-order valence-corrected chi connectivity index (χ2v) is 6.30. The van der Waals surface area contributed by atoms with Crippen molar-refractivity contribution in [2.24, 2.45) is 17.3 Å². The molecule has 0 heterocycles. The van der Waals surface area contributed by atoms with Gasteiger partial charge in [-0.05, 0) is 23.7 Å². The maximum atomic E-state index is 2.43. The molecule has 2 unspecified atom stereocenters. The normalized spacial score (nSPS) is 16.4. The zero-order chi connectivity index (χ0) is 11.9. The summed E-state index contributed by atoms with van der Waals surface area (Å²) in [5, 5.41) is 0. The molecule has 92 valence electrons. The van der Waals surface area contributed by atoms with Crippen molar-refractivity contribution in [3.63, 3.8) is 0 Å². The molecule has 0 bridgehead atoms. The summed E-state index contributed by atoms with van der Waals surface area (Å²) in [6.45, 7) is 14.2. The molecule has 0 rings (SSSR count). The van der Waals surface area contributed by atoms with Crippen molar-refractivity contribution >= 4 is 0 Å². The van der Waals surface area contributed by atoms with E-state index >= 15 is 0 Å². The summed E-state index contributed by atoms with van der Waals surface area (Å²) in [5.41, 5.74) is 0.549. The van der Waals surface area contributed by atoms with Gasteiger partial charge in [-0.25, -0.2) is 0 Å². The van der Waals surface area contributed by atoms with E-state index in [-0.39, 0.29) is 0 Å². The minimum Gasteiger partial charge on any atom is -0.0654 e. The second-order valence-electron chi connectivity index (χ2n) is 6.30. The second kappa shape index (κ2) is 7.30. The Kier molecular flexibility index (Phi) is 7.30. The molecule has 0 spiro atoms. The van der Waals surface area contributed by atoms with Crippen LogP contribution in [0.2, 0.25) is 0 Å².